The summed E-state index contributed by atoms with van der Waals surface area (Å²) in [5, 5.41) is 8.95. The summed E-state index contributed by atoms with van der Waals surface area (Å²) in [6.07, 6.45) is -0.929. The molecule has 0 aliphatic carbocycles. The molecule has 5 rings (SSSR count). The molecule has 0 radical (unpaired) electrons. The summed E-state index contributed by atoms with van der Waals surface area (Å²) in [6.45, 7) is 1.03. The van der Waals surface area contributed by atoms with Gasteiger partial charge in [0, 0.05) is 12.2 Å². The third-order valence-electron chi connectivity index (χ3n) is 6.05. The zero-order valence-corrected chi connectivity index (χ0v) is 20.4. The molecule has 37 heavy (non-hydrogen) atoms. The molecule has 11 heteroatoms. The number of benzene rings is 2. The van der Waals surface area contributed by atoms with E-state index in [1.165, 1.54) is 18.6 Å². The molecule has 3 heterocycles. The molecule has 5 N–H and O–H groups in total. The lowest BCUT2D eigenvalue weighted by Gasteiger charge is -2.19. The van der Waals surface area contributed by atoms with E-state index in [0.717, 1.165) is 36.1 Å². The molecular weight excluding hydrogens is 509 g/mol. The number of H-pyrrole nitrogens is 2. The van der Waals surface area contributed by atoms with Crippen molar-refractivity contribution in [3.63, 3.8) is 0 Å². The van der Waals surface area contributed by atoms with Gasteiger partial charge in [0.05, 0.1) is 28.9 Å². The predicted octanol–water partition coefficient (Wildman–Crippen LogP) is 5.35. The van der Waals surface area contributed by atoms with Crippen LogP contribution in [0.25, 0.3) is 33.5 Å². The summed E-state index contributed by atoms with van der Waals surface area (Å²) in [6, 6.07) is 12.8. The van der Waals surface area contributed by atoms with Gasteiger partial charge >= 0.3 is 11.9 Å². The van der Waals surface area contributed by atoms with Crippen molar-refractivity contribution in [1.29, 1.82) is 0 Å². The maximum Gasteiger partial charge on any atom is 0.407 e. The third-order valence-corrected chi connectivity index (χ3v) is 6.34. The average molecular weight is 535 g/mol. The fourth-order valence-corrected chi connectivity index (χ4v) is 4.25. The Hall–Kier alpha value is -3.18. The van der Waals surface area contributed by atoms with Gasteiger partial charge in [-0.05, 0) is 42.0 Å². The molecule has 1 aliphatic heterocycles. The second-order valence-electron chi connectivity index (χ2n) is 8.68. The number of hydrogen-bond donors (Lipinski definition) is 4. The number of aromatic amines is 2. The second-order valence-corrected chi connectivity index (χ2v) is 9.09. The van der Waals surface area contributed by atoms with Gasteiger partial charge in [-0.25, -0.2) is 9.78 Å². The zero-order chi connectivity index (χ0) is 26.6. The first-order valence-electron chi connectivity index (χ1n) is 11.7. The fraction of sp³-hybridized carbons (Fsp3) is 0.308. The van der Waals surface area contributed by atoms with Crippen LogP contribution in [-0.4, -0.2) is 45.6 Å². The van der Waals surface area contributed by atoms with E-state index in [1.54, 1.807) is 30.3 Å². The van der Waals surface area contributed by atoms with E-state index in [4.69, 9.17) is 27.2 Å². The van der Waals surface area contributed by atoms with Crippen LogP contribution >= 0.6 is 11.6 Å². The maximum atomic E-state index is 12.7. The molecule has 0 saturated carbocycles. The van der Waals surface area contributed by atoms with E-state index in [2.05, 4.69) is 15.0 Å². The molecule has 0 amide bonds. The molecule has 4 aromatic rings. The molecule has 196 valence electrons. The number of rotatable bonds is 4. The molecule has 2 aromatic heterocycles. The van der Waals surface area contributed by atoms with E-state index >= 15 is 0 Å². The molecule has 2 atom stereocenters. The van der Waals surface area contributed by atoms with E-state index in [0.29, 0.717) is 21.9 Å². The standard InChI is InChI=1S/C20H14ClF3N4O.C6H12O2/c21-14-9-15-18(28-19(29)26-15)27-16(14)12-5-1-10(2-6-12)11-3-7-13(8-4-11)17(25)20(22,23)24;7-5-6-3-1-2-4-8-6/h1-9,17H,25H2,(H2,26,27,28,29);6-7H,1-5H2/t;6-/m.0/s1. The first-order chi connectivity index (χ1) is 17.7. The summed E-state index contributed by atoms with van der Waals surface area (Å²) in [5.74, 6) is 0. The minimum atomic E-state index is -4.49. The van der Waals surface area contributed by atoms with Gasteiger partial charge in [-0.1, -0.05) is 60.1 Å². The molecule has 7 nitrogen and oxygen atoms in total. The Morgan fingerprint density at radius 3 is 2.22 bits per heavy atom. The van der Waals surface area contributed by atoms with Crippen LogP contribution < -0.4 is 11.4 Å². The van der Waals surface area contributed by atoms with Crippen LogP contribution in [0.1, 0.15) is 30.9 Å². The molecule has 0 bridgehead atoms. The number of ether oxygens (including phenoxy) is 1. The molecule has 1 saturated heterocycles. The van der Waals surface area contributed by atoms with Crippen LogP contribution in [-0.2, 0) is 4.74 Å². The number of aromatic nitrogens is 3. The maximum absolute atomic E-state index is 12.7. The van der Waals surface area contributed by atoms with Gasteiger partial charge in [0.25, 0.3) is 0 Å². The Bertz CT molecular complexity index is 1380. The smallest absolute Gasteiger partial charge is 0.394 e. The number of fused-ring (bicyclic) bond motifs is 1. The number of aliphatic hydroxyl groups is 1. The van der Waals surface area contributed by atoms with Crippen LogP contribution in [0.15, 0.2) is 59.4 Å². The predicted molar refractivity (Wildman–Crippen MR) is 136 cm³/mol. The fourth-order valence-electron chi connectivity index (χ4n) is 3.99. The van der Waals surface area contributed by atoms with Crippen molar-refractivity contribution in [2.75, 3.05) is 13.2 Å². The highest BCUT2D eigenvalue weighted by molar-refractivity contribution is 6.33. The van der Waals surface area contributed by atoms with E-state index in [1.807, 2.05) is 12.1 Å². The summed E-state index contributed by atoms with van der Waals surface area (Å²) in [4.78, 5) is 21.0. The highest BCUT2D eigenvalue weighted by Crippen LogP contribution is 2.33. The van der Waals surface area contributed by atoms with Gasteiger partial charge in [-0.15, -0.1) is 0 Å². The normalized spacial score (nSPS) is 16.8. The van der Waals surface area contributed by atoms with Gasteiger partial charge in [-0.3, -0.25) is 4.98 Å². The highest BCUT2D eigenvalue weighted by Gasteiger charge is 2.37. The van der Waals surface area contributed by atoms with E-state index in [9.17, 15) is 18.0 Å². The second kappa shape index (κ2) is 11.5. The minimum Gasteiger partial charge on any atom is -0.394 e. The topological polar surface area (TPSA) is 117 Å². The summed E-state index contributed by atoms with van der Waals surface area (Å²) >= 11 is 6.29. The Morgan fingerprint density at radius 2 is 1.68 bits per heavy atom. The van der Waals surface area contributed by atoms with Gasteiger partial charge in [-0.2, -0.15) is 13.2 Å². The highest BCUT2D eigenvalue weighted by atomic mass is 35.5. The lowest BCUT2D eigenvalue weighted by molar-refractivity contribution is -0.149. The van der Waals surface area contributed by atoms with E-state index < -0.39 is 12.2 Å². The van der Waals surface area contributed by atoms with Crippen molar-refractivity contribution in [1.82, 2.24) is 15.0 Å². The molecule has 0 spiro atoms. The number of hydrogen-bond acceptors (Lipinski definition) is 5. The molecule has 1 unspecified atom stereocenters. The summed E-state index contributed by atoms with van der Waals surface area (Å²) in [5.41, 5.74) is 8.58. The van der Waals surface area contributed by atoms with E-state index in [-0.39, 0.29) is 24.0 Å². The van der Waals surface area contributed by atoms with Crippen LogP contribution in [0.4, 0.5) is 13.2 Å². The average Bonchev–Trinajstić information content (AvgIpc) is 3.27. The SMILES string of the molecule is NC(c1ccc(-c2ccc(-c3nc4[nH]c(=O)[nH]c4cc3Cl)cc2)cc1)C(F)(F)F.OC[C@@H]1CCCCO1. The lowest BCUT2D eigenvalue weighted by Crippen LogP contribution is -2.28. The number of nitrogens with one attached hydrogen (secondary N) is 2. The Kier molecular flexibility index (Phi) is 8.33. The van der Waals surface area contributed by atoms with Crippen molar-refractivity contribution in [2.24, 2.45) is 5.73 Å². The van der Waals surface area contributed by atoms with Crippen molar-refractivity contribution in [3.8, 4) is 22.4 Å². The first kappa shape index (κ1) is 26.9. The Labute approximate surface area is 215 Å². The monoisotopic (exact) mass is 534 g/mol. The largest absolute Gasteiger partial charge is 0.407 e. The Balaban J connectivity index is 0.000000342. The number of halogens is 4. The zero-order valence-electron chi connectivity index (χ0n) is 19.7. The number of nitrogens with two attached hydrogens (primary N) is 1. The van der Waals surface area contributed by atoms with Crippen molar-refractivity contribution >= 4 is 22.8 Å². The van der Waals surface area contributed by atoms with Gasteiger partial charge in [0.1, 0.15) is 6.04 Å². The van der Waals surface area contributed by atoms with Crippen molar-refractivity contribution < 1.29 is 23.0 Å². The van der Waals surface area contributed by atoms with Crippen LogP contribution in [0, 0.1) is 0 Å². The number of alkyl halides is 3. The number of aliphatic hydroxyl groups excluding tert-OH is 1. The molecule has 1 fully saturated rings. The number of nitrogens with zero attached hydrogens (tertiary/aromatic N) is 1. The van der Waals surface area contributed by atoms with Crippen molar-refractivity contribution in [3.05, 3.63) is 75.7 Å². The molecular formula is C26H26ClF3N4O3. The third kappa shape index (κ3) is 6.58. The van der Waals surface area contributed by atoms with Crippen LogP contribution in [0.2, 0.25) is 5.02 Å². The summed E-state index contributed by atoms with van der Waals surface area (Å²) < 4.78 is 43.4. The van der Waals surface area contributed by atoms with Crippen LogP contribution in [0.3, 0.4) is 0 Å². The molecule has 1 aliphatic rings. The van der Waals surface area contributed by atoms with Gasteiger partial charge in [0.15, 0.2) is 5.65 Å². The van der Waals surface area contributed by atoms with Gasteiger partial charge < -0.3 is 20.6 Å². The van der Waals surface area contributed by atoms with Crippen molar-refractivity contribution in [2.45, 2.75) is 37.6 Å². The number of imidazole rings is 1. The minimum absolute atomic E-state index is 0.00245. The quantitative estimate of drug-likeness (QED) is 0.282. The van der Waals surface area contributed by atoms with Gasteiger partial charge in [0.2, 0.25) is 0 Å². The lowest BCUT2D eigenvalue weighted by atomic mass is 9.99. The summed E-state index contributed by atoms with van der Waals surface area (Å²) in [7, 11) is 0. The Morgan fingerprint density at radius 1 is 1.05 bits per heavy atom. The first-order valence-corrected chi connectivity index (χ1v) is 12.1. The van der Waals surface area contributed by atoms with Crippen LogP contribution in [0.5, 0.6) is 0 Å². The number of pyridine rings is 1. The molecule has 2 aromatic carbocycles.